The molecule has 0 aliphatic carbocycles. The van der Waals surface area contributed by atoms with E-state index in [2.05, 4.69) is 35.7 Å². The molecule has 1 heterocycles. The van der Waals surface area contributed by atoms with Gasteiger partial charge in [-0.1, -0.05) is 30.3 Å². The van der Waals surface area contributed by atoms with Crippen LogP contribution in [0.15, 0.2) is 54.6 Å². The first kappa shape index (κ1) is 15.1. The number of hydrogen-bond acceptors (Lipinski definition) is 2. The molecular formula is C19H19N3O. The standard InChI is InChI=1S/C19H19N3O/c20-14-15-6-8-18(9-7-15)21-19(23)22-12-10-17(11-13-22)16-4-2-1-3-5-16/h1-9,17H,10-13H2,(H,21,23). The molecule has 116 valence electrons. The van der Waals surface area contributed by atoms with Crippen LogP contribution in [-0.4, -0.2) is 24.0 Å². The number of nitrogens with zero attached hydrogens (tertiary/aromatic N) is 2. The molecule has 1 fully saturated rings. The fraction of sp³-hybridized carbons (Fsp3) is 0.263. The topological polar surface area (TPSA) is 56.1 Å². The number of anilines is 1. The summed E-state index contributed by atoms with van der Waals surface area (Å²) >= 11 is 0. The fourth-order valence-electron chi connectivity index (χ4n) is 2.97. The average molecular weight is 305 g/mol. The third-order valence-electron chi connectivity index (χ3n) is 4.32. The molecule has 3 rings (SSSR count). The van der Waals surface area contributed by atoms with Crippen molar-refractivity contribution in [3.05, 3.63) is 65.7 Å². The number of urea groups is 1. The summed E-state index contributed by atoms with van der Waals surface area (Å²) in [5.41, 5.74) is 2.67. The lowest BCUT2D eigenvalue weighted by Crippen LogP contribution is -2.40. The Morgan fingerprint density at radius 2 is 1.70 bits per heavy atom. The lowest BCUT2D eigenvalue weighted by atomic mass is 9.90. The van der Waals surface area contributed by atoms with Crippen LogP contribution in [0.2, 0.25) is 0 Å². The predicted octanol–water partition coefficient (Wildman–Crippen LogP) is 3.97. The first-order valence-electron chi connectivity index (χ1n) is 7.87. The van der Waals surface area contributed by atoms with E-state index >= 15 is 0 Å². The highest BCUT2D eigenvalue weighted by atomic mass is 16.2. The summed E-state index contributed by atoms with van der Waals surface area (Å²) in [7, 11) is 0. The van der Waals surface area contributed by atoms with Gasteiger partial charge >= 0.3 is 6.03 Å². The molecule has 0 radical (unpaired) electrons. The van der Waals surface area contributed by atoms with Gasteiger partial charge in [-0.05, 0) is 48.6 Å². The molecule has 0 atom stereocenters. The van der Waals surface area contributed by atoms with Gasteiger partial charge in [0, 0.05) is 18.8 Å². The zero-order chi connectivity index (χ0) is 16.1. The fourth-order valence-corrected chi connectivity index (χ4v) is 2.97. The second kappa shape index (κ2) is 6.97. The van der Waals surface area contributed by atoms with E-state index in [-0.39, 0.29) is 6.03 Å². The van der Waals surface area contributed by atoms with E-state index in [0.717, 1.165) is 31.6 Å². The monoisotopic (exact) mass is 305 g/mol. The number of hydrogen-bond donors (Lipinski definition) is 1. The molecule has 0 unspecified atom stereocenters. The van der Waals surface area contributed by atoms with Gasteiger partial charge in [0.15, 0.2) is 0 Å². The van der Waals surface area contributed by atoms with Gasteiger partial charge in [0.05, 0.1) is 11.6 Å². The number of nitriles is 1. The molecule has 1 N–H and O–H groups in total. The first-order valence-corrected chi connectivity index (χ1v) is 7.87. The lowest BCUT2D eigenvalue weighted by Gasteiger charge is -2.32. The summed E-state index contributed by atoms with van der Waals surface area (Å²) in [5.74, 6) is 0.537. The second-order valence-corrected chi connectivity index (χ2v) is 5.79. The van der Waals surface area contributed by atoms with Gasteiger partial charge in [0.25, 0.3) is 0 Å². The Morgan fingerprint density at radius 1 is 1.04 bits per heavy atom. The number of rotatable bonds is 2. The molecule has 0 spiro atoms. The second-order valence-electron chi connectivity index (χ2n) is 5.79. The van der Waals surface area contributed by atoms with Gasteiger partial charge < -0.3 is 10.2 Å². The summed E-state index contributed by atoms with van der Waals surface area (Å²) < 4.78 is 0. The van der Waals surface area contributed by atoms with Crippen LogP contribution >= 0.6 is 0 Å². The molecule has 2 aromatic carbocycles. The number of carbonyl (C=O) groups is 1. The third-order valence-corrected chi connectivity index (χ3v) is 4.32. The Kier molecular flexibility index (Phi) is 4.58. The SMILES string of the molecule is N#Cc1ccc(NC(=O)N2CCC(c3ccccc3)CC2)cc1. The molecule has 0 bridgehead atoms. The van der Waals surface area contributed by atoms with Gasteiger partial charge in [-0.25, -0.2) is 4.79 Å². The third kappa shape index (κ3) is 3.70. The maximum atomic E-state index is 12.3. The van der Waals surface area contributed by atoms with Crippen molar-refractivity contribution in [3.8, 4) is 6.07 Å². The van der Waals surface area contributed by atoms with E-state index in [0.29, 0.717) is 11.5 Å². The highest BCUT2D eigenvalue weighted by molar-refractivity contribution is 5.89. The van der Waals surface area contributed by atoms with Crippen molar-refractivity contribution in [2.45, 2.75) is 18.8 Å². The summed E-state index contributed by atoms with van der Waals surface area (Å²) in [6.45, 7) is 1.53. The quantitative estimate of drug-likeness (QED) is 0.912. The van der Waals surface area contributed by atoms with Crippen molar-refractivity contribution < 1.29 is 4.79 Å². The van der Waals surface area contributed by atoms with Crippen LogP contribution in [0.3, 0.4) is 0 Å². The lowest BCUT2D eigenvalue weighted by molar-refractivity contribution is 0.194. The largest absolute Gasteiger partial charge is 0.324 e. The van der Waals surface area contributed by atoms with Crippen LogP contribution < -0.4 is 5.32 Å². The number of nitrogens with one attached hydrogen (secondary N) is 1. The number of amides is 2. The number of benzene rings is 2. The zero-order valence-electron chi connectivity index (χ0n) is 12.9. The van der Waals surface area contributed by atoms with Gasteiger partial charge in [0.2, 0.25) is 0 Å². The van der Waals surface area contributed by atoms with E-state index in [1.165, 1.54) is 5.56 Å². The first-order chi connectivity index (χ1) is 11.3. The summed E-state index contributed by atoms with van der Waals surface area (Å²) in [4.78, 5) is 14.2. The van der Waals surface area contributed by atoms with Gasteiger partial charge in [-0.3, -0.25) is 0 Å². The van der Waals surface area contributed by atoms with E-state index in [4.69, 9.17) is 5.26 Å². The smallest absolute Gasteiger partial charge is 0.321 e. The number of carbonyl (C=O) groups excluding carboxylic acids is 1. The maximum Gasteiger partial charge on any atom is 0.321 e. The highest BCUT2D eigenvalue weighted by Crippen LogP contribution is 2.28. The molecule has 0 aromatic heterocycles. The van der Waals surface area contributed by atoms with E-state index in [1.54, 1.807) is 24.3 Å². The number of likely N-dealkylation sites (tertiary alicyclic amines) is 1. The molecule has 1 aliphatic heterocycles. The van der Waals surface area contributed by atoms with Crippen molar-refractivity contribution in [2.24, 2.45) is 0 Å². The van der Waals surface area contributed by atoms with E-state index in [9.17, 15) is 4.79 Å². The molecule has 2 aromatic rings. The van der Waals surface area contributed by atoms with Gasteiger partial charge in [-0.2, -0.15) is 5.26 Å². The summed E-state index contributed by atoms with van der Waals surface area (Å²) in [6.07, 6.45) is 1.98. The van der Waals surface area contributed by atoms with Crippen molar-refractivity contribution in [2.75, 3.05) is 18.4 Å². The van der Waals surface area contributed by atoms with Crippen LogP contribution in [0.5, 0.6) is 0 Å². The van der Waals surface area contributed by atoms with E-state index < -0.39 is 0 Å². The molecule has 4 heteroatoms. The molecule has 4 nitrogen and oxygen atoms in total. The molecular weight excluding hydrogens is 286 g/mol. The van der Waals surface area contributed by atoms with Gasteiger partial charge in [-0.15, -0.1) is 0 Å². The minimum absolute atomic E-state index is 0.0683. The normalized spacial score (nSPS) is 15.0. The van der Waals surface area contributed by atoms with Crippen LogP contribution in [0.4, 0.5) is 10.5 Å². The molecule has 2 amide bonds. The van der Waals surface area contributed by atoms with Crippen LogP contribution in [0.25, 0.3) is 0 Å². The minimum atomic E-state index is -0.0683. The van der Waals surface area contributed by atoms with Crippen molar-refractivity contribution in [1.29, 1.82) is 5.26 Å². The summed E-state index contributed by atoms with van der Waals surface area (Å²) in [6, 6.07) is 19.4. The van der Waals surface area contributed by atoms with Crippen LogP contribution in [0.1, 0.15) is 29.9 Å². The minimum Gasteiger partial charge on any atom is -0.324 e. The van der Waals surface area contributed by atoms with Gasteiger partial charge in [0.1, 0.15) is 0 Å². The van der Waals surface area contributed by atoms with Crippen molar-refractivity contribution in [1.82, 2.24) is 4.90 Å². The average Bonchev–Trinajstić information content (AvgIpc) is 2.63. The Labute approximate surface area is 136 Å². The van der Waals surface area contributed by atoms with E-state index in [1.807, 2.05) is 11.0 Å². The predicted molar refractivity (Wildman–Crippen MR) is 90.2 cm³/mol. The molecule has 23 heavy (non-hydrogen) atoms. The van der Waals surface area contributed by atoms with Crippen molar-refractivity contribution in [3.63, 3.8) is 0 Å². The Balaban J connectivity index is 1.55. The van der Waals surface area contributed by atoms with Crippen LogP contribution in [0, 0.1) is 11.3 Å². The zero-order valence-corrected chi connectivity index (χ0v) is 12.9. The summed E-state index contributed by atoms with van der Waals surface area (Å²) in [5, 5.41) is 11.7. The molecule has 1 aliphatic rings. The maximum absolute atomic E-state index is 12.3. The molecule has 1 saturated heterocycles. The number of piperidine rings is 1. The highest BCUT2D eigenvalue weighted by Gasteiger charge is 2.23. The van der Waals surface area contributed by atoms with Crippen molar-refractivity contribution >= 4 is 11.7 Å². The Morgan fingerprint density at radius 3 is 2.30 bits per heavy atom. The Bertz CT molecular complexity index is 696. The Hall–Kier alpha value is -2.80. The van der Waals surface area contributed by atoms with Crippen LogP contribution in [-0.2, 0) is 0 Å². The molecule has 0 saturated carbocycles.